The monoisotopic (exact) mass is 392 g/mol. The summed E-state index contributed by atoms with van der Waals surface area (Å²) in [6.45, 7) is 1.08. The first-order valence-corrected chi connectivity index (χ1v) is 8.63. The summed E-state index contributed by atoms with van der Waals surface area (Å²) < 4.78 is 37.8. The summed E-state index contributed by atoms with van der Waals surface area (Å²) in [6, 6.07) is 7.41. The molecular weight excluding hydrogens is 378 g/mol. The van der Waals surface area contributed by atoms with E-state index >= 15 is 0 Å². The fourth-order valence-electron chi connectivity index (χ4n) is 2.85. The number of halogens is 3. The number of fused-ring (bicyclic) bond motifs is 1. The van der Waals surface area contributed by atoms with Crippen LogP contribution in [-0.4, -0.2) is 29.3 Å². The second kappa shape index (κ2) is 7.50. The molecule has 3 aromatic rings. The van der Waals surface area contributed by atoms with Gasteiger partial charge in [0.15, 0.2) is 0 Å². The zero-order chi connectivity index (χ0) is 18.8. The number of nitrogens with zero attached hydrogens (tertiary/aromatic N) is 2. The highest BCUT2D eigenvalue weighted by Gasteiger charge is 2.20. The van der Waals surface area contributed by atoms with Gasteiger partial charge in [0.2, 0.25) is 0 Å². The van der Waals surface area contributed by atoms with Crippen LogP contribution in [0.2, 0.25) is 5.02 Å². The average molecular weight is 393 g/mol. The normalized spacial score (nSPS) is 16.5. The third-order valence-corrected chi connectivity index (χ3v) is 4.49. The Morgan fingerprint density at radius 3 is 2.85 bits per heavy atom. The molecule has 1 saturated heterocycles. The summed E-state index contributed by atoms with van der Waals surface area (Å²) in [6.07, 6.45) is 1.99. The highest BCUT2D eigenvalue weighted by Crippen LogP contribution is 2.35. The zero-order valence-electron chi connectivity index (χ0n) is 14.0. The van der Waals surface area contributed by atoms with Crippen molar-refractivity contribution in [3.8, 4) is 5.75 Å². The Labute approximate surface area is 158 Å². The van der Waals surface area contributed by atoms with Crippen molar-refractivity contribution in [2.75, 3.05) is 24.1 Å². The SMILES string of the molecule is FNc1cc2c(Nc3ccc(F)c(Cl)c3)ncnc2cc1O[C@H]1CCOC1. The maximum Gasteiger partial charge on any atom is 0.147 e. The van der Waals surface area contributed by atoms with E-state index in [-0.39, 0.29) is 16.8 Å². The molecule has 140 valence electrons. The van der Waals surface area contributed by atoms with E-state index in [4.69, 9.17) is 21.1 Å². The molecule has 0 saturated carbocycles. The van der Waals surface area contributed by atoms with E-state index in [2.05, 4.69) is 15.3 Å². The molecule has 2 heterocycles. The molecule has 1 fully saturated rings. The van der Waals surface area contributed by atoms with Crippen LogP contribution in [0, 0.1) is 5.82 Å². The van der Waals surface area contributed by atoms with Gasteiger partial charge in [-0.15, -0.1) is 4.48 Å². The maximum absolute atomic E-state index is 13.4. The molecule has 1 atom stereocenters. The van der Waals surface area contributed by atoms with E-state index in [1.165, 1.54) is 24.5 Å². The molecule has 1 aromatic heterocycles. The van der Waals surface area contributed by atoms with Crippen LogP contribution < -0.4 is 15.6 Å². The van der Waals surface area contributed by atoms with Gasteiger partial charge in [0.05, 0.1) is 23.8 Å². The van der Waals surface area contributed by atoms with Crippen molar-refractivity contribution in [3.05, 3.63) is 47.5 Å². The van der Waals surface area contributed by atoms with E-state index in [1.54, 1.807) is 17.7 Å². The van der Waals surface area contributed by atoms with Crippen molar-refractivity contribution in [1.29, 1.82) is 0 Å². The van der Waals surface area contributed by atoms with Crippen LogP contribution in [0.4, 0.5) is 26.1 Å². The van der Waals surface area contributed by atoms with Crippen LogP contribution >= 0.6 is 11.6 Å². The number of aromatic nitrogens is 2. The lowest BCUT2D eigenvalue weighted by molar-refractivity contribution is 0.141. The molecule has 0 radical (unpaired) electrons. The molecule has 1 aliphatic heterocycles. The van der Waals surface area contributed by atoms with E-state index in [9.17, 15) is 8.87 Å². The van der Waals surface area contributed by atoms with Crippen molar-refractivity contribution in [3.63, 3.8) is 0 Å². The molecule has 0 spiro atoms. The number of ether oxygens (including phenoxy) is 2. The van der Waals surface area contributed by atoms with Gasteiger partial charge in [0, 0.05) is 23.6 Å². The van der Waals surface area contributed by atoms with Crippen molar-refractivity contribution in [2.24, 2.45) is 0 Å². The third kappa shape index (κ3) is 3.72. The fraction of sp³-hybridized carbons (Fsp3) is 0.222. The highest BCUT2D eigenvalue weighted by molar-refractivity contribution is 6.31. The second-order valence-corrected chi connectivity index (χ2v) is 6.45. The molecule has 1 aliphatic rings. The predicted octanol–water partition coefficient (Wildman–Crippen LogP) is 4.63. The van der Waals surface area contributed by atoms with Crippen molar-refractivity contribution in [2.45, 2.75) is 12.5 Å². The topological polar surface area (TPSA) is 68.3 Å². The Morgan fingerprint density at radius 2 is 2.11 bits per heavy atom. The summed E-state index contributed by atoms with van der Waals surface area (Å²) in [5, 5.41) is 3.59. The lowest BCUT2D eigenvalue weighted by Gasteiger charge is -2.16. The smallest absolute Gasteiger partial charge is 0.147 e. The first-order valence-electron chi connectivity index (χ1n) is 8.26. The maximum atomic E-state index is 13.4. The molecular formula is C18H15ClF2N4O2. The molecule has 9 heteroatoms. The summed E-state index contributed by atoms with van der Waals surface area (Å²) >= 11 is 5.81. The molecule has 27 heavy (non-hydrogen) atoms. The van der Waals surface area contributed by atoms with Gasteiger partial charge in [-0.05, 0) is 24.3 Å². The van der Waals surface area contributed by atoms with Crippen LogP contribution in [0.25, 0.3) is 10.9 Å². The van der Waals surface area contributed by atoms with E-state index in [0.717, 1.165) is 6.42 Å². The highest BCUT2D eigenvalue weighted by atomic mass is 35.5. The lowest BCUT2D eigenvalue weighted by Crippen LogP contribution is -2.16. The largest absolute Gasteiger partial charge is 0.486 e. The van der Waals surface area contributed by atoms with Gasteiger partial charge in [-0.2, -0.15) is 0 Å². The molecule has 0 bridgehead atoms. The summed E-state index contributed by atoms with van der Waals surface area (Å²) in [5.74, 6) is 0.251. The van der Waals surface area contributed by atoms with Crippen LogP contribution in [0.1, 0.15) is 6.42 Å². The first kappa shape index (κ1) is 17.7. The van der Waals surface area contributed by atoms with Gasteiger partial charge in [0.1, 0.15) is 35.5 Å². The van der Waals surface area contributed by atoms with Crippen LogP contribution in [0.15, 0.2) is 36.7 Å². The molecule has 0 amide bonds. The Bertz CT molecular complexity index is 983. The summed E-state index contributed by atoms with van der Waals surface area (Å²) in [7, 11) is 0. The van der Waals surface area contributed by atoms with Gasteiger partial charge >= 0.3 is 0 Å². The molecule has 0 unspecified atom stereocenters. The Balaban J connectivity index is 1.70. The van der Waals surface area contributed by atoms with Gasteiger partial charge in [0.25, 0.3) is 0 Å². The van der Waals surface area contributed by atoms with Crippen molar-refractivity contribution < 1.29 is 18.3 Å². The van der Waals surface area contributed by atoms with Crippen molar-refractivity contribution in [1.82, 2.24) is 9.97 Å². The lowest BCUT2D eigenvalue weighted by atomic mass is 10.2. The average Bonchev–Trinajstić information content (AvgIpc) is 3.17. The minimum atomic E-state index is -0.517. The standard InChI is InChI=1S/C18H15ClF2N4O2/c19-13-5-10(1-2-14(13)20)24-18-12-6-16(25-21)17(7-15(12)22-9-23-18)27-11-3-4-26-8-11/h1-2,5-7,9,11,25H,3-4,8H2,(H,22,23,24)/t11-/m0/s1. The quantitative estimate of drug-likeness (QED) is 0.617. The third-order valence-electron chi connectivity index (χ3n) is 4.20. The van der Waals surface area contributed by atoms with Gasteiger partial charge in [-0.1, -0.05) is 11.6 Å². The number of hydrogen-bond donors (Lipinski definition) is 2. The minimum Gasteiger partial charge on any atom is -0.486 e. The molecule has 2 N–H and O–H groups in total. The Hall–Kier alpha value is -2.71. The predicted molar refractivity (Wildman–Crippen MR) is 98.8 cm³/mol. The molecule has 0 aliphatic carbocycles. The van der Waals surface area contributed by atoms with E-state index in [1.807, 2.05) is 0 Å². The number of anilines is 3. The first-order chi connectivity index (χ1) is 13.1. The second-order valence-electron chi connectivity index (χ2n) is 6.04. The number of nitrogens with one attached hydrogen (secondary N) is 2. The minimum absolute atomic E-state index is 0.0149. The summed E-state index contributed by atoms with van der Waals surface area (Å²) in [5.41, 5.74) is 2.91. The van der Waals surface area contributed by atoms with E-state index < -0.39 is 5.82 Å². The molecule has 2 aromatic carbocycles. The van der Waals surface area contributed by atoms with Crippen LogP contribution in [0.5, 0.6) is 5.75 Å². The molecule has 4 rings (SSSR count). The van der Waals surface area contributed by atoms with Crippen molar-refractivity contribution >= 4 is 39.7 Å². The van der Waals surface area contributed by atoms with Crippen LogP contribution in [-0.2, 0) is 4.74 Å². The fourth-order valence-corrected chi connectivity index (χ4v) is 3.03. The van der Waals surface area contributed by atoms with E-state index in [0.29, 0.717) is 41.4 Å². The van der Waals surface area contributed by atoms with Gasteiger partial charge in [-0.3, -0.25) is 0 Å². The van der Waals surface area contributed by atoms with Crippen LogP contribution in [0.3, 0.4) is 0 Å². The molecule has 6 nitrogen and oxygen atoms in total. The summed E-state index contributed by atoms with van der Waals surface area (Å²) in [4.78, 5) is 8.42. The Morgan fingerprint density at radius 1 is 1.22 bits per heavy atom. The van der Waals surface area contributed by atoms with Gasteiger partial charge < -0.3 is 14.8 Å². The Kier molecular flexibility index (Phi) is 4.91. The van der Waals surface area contributed by atoms with Gasteiger partial charge in [-0.25, -0.2) is 19.9 Å². The number of benzene rings is 2. The number of hydrogen-bond acceptors (Lipinski definition) is 6. The number of rotatable bonds is 5. The zero-order valence-corrected chi connectivity index (χ0v) is 14.8.